The molecular weight excluding hydrogens is 402 g/mol. The summed E-state index contributed by atoms with van der Waals surface area (Å²) in [6, 6.07) is 17.0. The Morgan fingerprint density at radius 2 is 1.70 bits per heavy atom. The van der Waals surface area contributed by atoms with E-state index in [0.717, 1.165) is 26.2 Å². The van der Waals surface area contributed by atoms with E-state index in [1.54, 1.807) is 24.3 Å². The summed E-state index contributed by atoms with van der Waals surface area (Å²) in [5, 5.41) is 0.487. The predicted octanol–water partition coefficient (Wildman–Crippen LogP) is 2.80. The third-order valence-electron chi connectivity index (χ3n) is 4.94. The number of nitrogens with one attached hydrogen (secondary N) is 2. The maximum atomic E-state index is 12.3. The van der Waals surface area contributed by atoms with Crippen LogP contribution in [0.3, 0.4) is 0 Å². The number of carbonyl (C=O) groups excluding carboxylic acids is 1. The van der Waals surface area contributed by atoms with Gasteiger partial charge in [-0.05, 0) is 30.3 Å². The molecule has 2 heterocycles. The Balaban J connectivity index is 1.40. The standard InChI is InChI=1S/C21H22ClN7O/c22-16-6-4-5-15(13-16)21(30)27-26-19-18(23)20(25-14-24-19)29-11-9-28(10-12-29)17-7-2-1-3-8-17/h1-8,13-14H,9-12,23H2,(H,27,30)(H,24,25,26). The normalized spacial score (nSPS) is 13.8. The lowest BCUT2D eigenvalue weighted by molar-refractivity contribution is 0.0962. The van der Waals surface area contributed by atoms with Crippen molar-refractivity contribution in [3.63, 3.8) is 0 Å². The maximum Gasteiger partial charge on any atom is 0.269 e. The van der Waals surface area contributed by atoms with Crippen LogP contribution in [0.5, 0.6) is 0 Å². The van der Waals surface area contributed by atoms with E-state index >= 15 is 0 Å². The number of hydrogen-bond acceptors (Lipinski definition) is 7. The third kappa shape index (κ3) is 4.38. The summed E-state index contributed by atoms with van der Waals surface area (Å²) < 4.78 is 0. The van der Waals surface area contributed by atoms with Crippen molar-refractivity contribution in [1.29, 1.82) is 0 Å². The van der Waals surface area contributed by atoms with Crippen LogP contribution in [0.4, 0.5) is 23.0 Å². The molecule has 30 heavy (non-hydrogen) atoms. The summed E-state index contributed by atoms with van der Waals surface area (Å²) in [5.74, 6) is 0.659. The van der Waals surface area contributed by atoms with E-state index in [-0.39, 0.29) is 5.91 Å². The Labute approximate surface area is 179 Å². The van der Waals surface area contributed by atoms with Crippen molar-refractivity contribution in [2.24, 2.45) is 0 Å². The molecular formula is C21H22ClN7O. The Kier molecular flexibility index (Phi) is 5.85. The molecule has 154 valence electrons. The smallest absolute Gasteiger partial charge is 0.269 e. The van der Waals surface area contributed by atoms with Gasteiger partial charge in [0.2, 0.25) is 0 Å². The molecule has 0 atom stereocenters. The third-order valence-corrected chi connectivity index (χ3v) is 5.18. The second kappa shape index (κ2) is 8.87. The fourth-order valence-corrected chi connectivity index (χ4v) is 3.56. The van der Waals surface area contributed by atoms with Crippen LogP contribution in [0, 0.1) is 0 Å². The van der Waals surface area contributed by atoms with Crippen LogP contribution in [0.15, 0.2) is 60.9 Å². The number of rotatable bonds is 5. The van der Waals surface area contributed by atoms with Crippen LogP contribution in [0.1, 0.15) is 10.4 Å². The summed E-state index contributed by atoms with van der Waals surface area (Å²) >= 11 is 5.94. The van der Waals surface area contributed by atoms with Crippen molar-refractivity contribution < 1.29 is 4.79 Å². The summed E-state index contributed by atoms with van der Waals surface area (Å²) in [4.78, 5) is 25.3. The zero-order valence-corrected chi connectivity index (χ0v) is 17.0. The number of nitrogen functional groups attached to an aromatic ring is 1. The fourth-order valence-electron chi connectivity index (χ4n) is 3.37. The molecule has 2 aromatic carbocycles. The first-order chi connectivity index (χ1) is 14.6. The number of piperazine rings is 1. The predicted molar refractivity (Wildman–Crippen MR) is 120 cm³/mol. The molecule has 0 bridgehead atoms. The number of aromatic nitrogens is 2. The van der Waals surface area contributed by atoms with Gasteiger partial charge in [-0.25, -0.2) is 9.97 Å². The summed E-state index contributed by atoms with van der Waals surface area (Å²) in [6.07, 6.45) is 1.43. The van der Waals surface area contributed by atoms with Gasteiger partial charge in [0.05, 0.1) is 0 Å². The van der Waals surface area contributed by atoms with E-state index in [1.165, 1.54) is 12.0 Å². The first-order valence-corrected chi connectivity index (χ1v) is 9.97. The minimum Gasteiger partial charge on any atom is -0.393 e. The molecule has 0 unspecified atom stereocenters. The van der Waals surface area contributed by atoms with Gasteiger partial charge in [-0.15, -0.1) is 0 Å². The minimum absolute atomic E-state index is 0.339. The molecule has 1 fully saturated rings. The number of anilines is 4. The number of para-hydroxylation sites is 1. The summed E-state index contributed by atoms with van der Waals surface area (Å²) in [6.45, 7) is 3.29. The number of nitrogens with zero attached hydrogens (tertiary/aromatic N) is 4. The van der Waals surface area contributed by atoms with Gasteiger partial charge in [0.1, 0.15) is 12.0 Å². The number of nitrogens with two attached hydrogens (primary N) is 1. The molecule has 4 rings (SSSR count). The van der Waals surface area contributed by atoms with E-state index in [1.807, 2.05) is 18.2 Å². The number of hydrogen-bond donors (Lipinski definition) is 3. The van der Waals surface area contributed by atoms with Crippen LogP contribution in [-0.4, -0.2) is 42.1 Å². The number of carbonyl (C=O) groups is 1. The van der Waals surface area contributed by atoms with Crippen LogP contribution in [0.25, 0.3) is 0 Å². The molecule has 0 aliphatic carbocycles. The van der Waals surface area contributed by atoms with Gasteiger partial charge < -0.3 is 15.5 Å². The molecule has 9 heteroatoms. The monoisotopic (exact) mass is 423 g/mol. The number of benzene rings is 2. The maximum absolute atomic E-state index is 12.3. The van der Waals surface area contributed by atoms with Crippen LogP contribution in [-0.2, 0) is 0 Å². The molecule has 8 nitrogen and oxygen atoms in total. The van der Waals surface area contributed by atoms with Crippen molar-refractivity contribution in [1.82, 2.24) is 15.4 Å². The Bertz CT molecular complexity index is 1020. The Morgan fingerprint density at radius 3 is 2.43 bits per heavy atom. The van der Waals surface area contributed by atoms with Crippen LogP contribution >= 0.6 is 11.6 Å². The van der Waals surface area contributed by atoms with E-state index in [4.69, 9.17) is 17.3 Å². The summed E-state index contributed by atoms with van der Waals surface area (Å²) in [7, 11) is 0. The van der Waals surface area contributed by atoms with Crippen molar-refractivity contribution in [3.05, 3.63) is 71.5 Å². The molecule has 1 aliphatic rings. The van der Waals surface area contributed by atoms with E-state index in [2.05, 4.69) is 42.8 Å². The highest BCUT2D eigenvalue weighted by molar-refractivity contribution is 6.30. The van der Waals surface area contributed by atoms with E-state index in [0.29, 0.717) is 27.9 Å². The highest BCUT2D eigenvalue weighted by atomic mass is 35.5. The lowest BCUT2D eigenvalue weighted by atomic mass is 10.2. The van der Waals surface area contributed by atoms with Gasteiger partial charge in [0.15, 0.2) is 11.6 Å². The molecule has 1 aromatic heterocycles. The van der Waals surface area contributed by atoms with Gasteiger partial charge in [-0.3, -0.25) is 15.6 Å². The first-order valence-electron chi connectivity index (χ1n) is 9.59. The average Bonchev–Trinajstić information content (AvgIpc) is 2.79. The quantitative estimate of drug-likeness (QED) is 0.542. The number of amides is 1. The fraction of sp³-hybridized carbons (Fsp3) is 0.190. The molecule has 0 saturated carbocycles. The topological polar surface area (TPSA) is 99.4 Å². The molecule has 0 spiro atoms. The lowest BCUT2D eigenvalue weighted by Crippen LogP contribution is -2.47. The summed E-state index contributed by atoms with van der Waals surface area (Å²) in [5.41, 5.74) is 13.7. The zero-order valence-electron chi connectivity index (χ0n) is 16.3. The average molecular weight is 424 g/mol. The molecule has 1 amide bonds. The zero-order chi connectivity index (χ0) is 20.9. The van der Waals surface area contributed by atoms with Gasteiger partial charge in [-0.1, -0.05) is 35.9 Å². The van der Waals surface area contributed by atoms with E-state index < -0.39 is 0 Å². The van der Waals surface area contributed by atoms with Crippen LogP contribution < -0.4 is 26.4 Å². The molecule has 4 N–H and O–H groups in total. The largest absolute Gasteiger partial charge is 0.393 e. The van der Waals surface area contributed by atoms with Crippen molar-refractivity contribution in [3.8, 4) is 0 Å². The van der Waals surface area contributed by atoms with E-state index in [9.17, 15) is 4.79 Å². The highest BCUT2D eigenvalue weighted by Crippen LogP contribution is 2.27. The number of hydrazine groups is 1. The Morgan fingerprint density at radius 1 is 0.967 bits per heavy atom. The van der Waals surface area contributed by atoms with Crippen molar-refractivity contribution in [2.75, 3.05) is 47.1 Å². The van der Waals surface area contributed by atoms with Crippen molar-refractivity contribution >= 4 is 40.5 Å². The number of halogens is 1. The van der Waals surface area contributed by atoms with Gasteiger partial charge in [-0.2, -0.15) is 0 Å². The van der Waals surface area contributed by atoms with Crippen molar-refractivity contribution in [2.45, 2.75) is 0 Å². The minimum atomic E-state index is -0.339. The van der Waals surface area contributed by atoms with Crippen LogP contribution in [0.2, 0.25) is 5.02 Å². The molecule has 3 aromatic rings. The Hall–Kier alpha value is -3.52. The van der Waals surface area contributed by atoms with Gasteiger partial charge in [0, 0.05) is 42.5 Å². The second-order valence-corrected chi connectivity index (χ2v) is 7.30. The van der Waals surface area contributed by atoms with Gasteiger partial charge in [0.25, 0.3) is 5.91 Å². The first kappa shape index (κ1) is 19.8. The second-order valence-electron chi connectivity index (χ2n) is 6.86. The SMILES string of the molecule is Nc1c(NNC(=O)c2cccc(Cl)c2)ncnc1N1CCN(c2ccccc2)CC1. The lowest BCUT2D eigenvalue weighted by Gasteiger charge is -2.37. The molecule has 0 radical (unpaired) electrons. The highest BCUT2D eigenvalue weighted by Gasteiger charge is 2.21. The molecule has 1 aliphatic heterocycles. The van der Waals surface area contributed by atoms with Gasteiger partial charge >= 0.3 is 0 Å². The molecule has 1 saturated heterocycles.